The summed E-state index contributed by atoms with van der Waals surface area (Å²) in [5.74, 6) is 0.412. The van der Waals surface area contributed by atoms with Gasteiger partial charge in [0.2, 0.25) is 0 Å². The normalized spacial score (nSPS) is 13.8. The highest BCUT2D eigenvalue weighted by Crippen LogP contribution is 2.23. The fourth-order valence-electron chi connectivity index (χ4n) is 3.22. The van der Waals surface area contributed by atoms with Crippen molar-refractivity contribution < 1.29 is 14.3 Å². The zero-order valence-corrected chi connectivity index (χ0v) is 17.5. The zero-order chi connectivity index (χ0) is 21.6. The number of ether oxygens (including phenoxy) is 1. The van der Waals surface area contributed by atoms with Gasteiger partial charge in [0.05, 0.1) is 0 Å². The van der Waals surface area contributed by atoms with E-state index in [1.54, 1.807) is 19.1 Å². The Morgan fingerprint density at radius 3 is 2.19 bits per heavy atom. The Kier molecular flexibility index (Phi) is 6.32. The molecule has 0 saturated heterocycles. The van der Waals surface area contributed by atoms with Crippen molar-refractivity contribution in [2.75, 3.05) is 0 Å². The molecule has 5 heteroatoms. The second kappa shape index (κ2) is 9.47. The molecule has 1 fully saturated rings. The summed E-state index contributed by atoms with van der Waals surface area (Å²) in [5.41, 5.74) is 3.79. The molecule has 1 unspecified atom stereocenters. The van der Waals surface area contributed by atoms with Crippen LogP contribution in [-0.4, -0.2) is 24.0 Å². The van der Waals surface area contributed by atoms with Gasteiger partial charge in [-0.3, -0.25) is 9.59 Å². The first-order valence-corrected chi connectivity index (χ1v) is 10.6. The lowest BCUT2D eigenvalue weighted by molar-refractivity contribution is -0.127. The average Bonchev–Trinajstić information content (AvgIpc) is 3.63. The van der Waals surface area contributed by atoms with Crippen molar-refractivity contribution in [2.45, 2.75) is 38.5 Å². The molecular weight excluding hydrogens is 388 g/mol. The highest BCUT2D eigenvalue weighted by atomic mass is 16.5. The van der Waals surface area contributed by atoms with Gasteiger partial charge in [-0.15, -0.1) is 0 Å². The van der Waals surface area contributed by atoms with E-state index in [9.17, 15) is 9.59 Å². The molecule has 3 aromatic carbocycles. The molecule has 0 aliphatic heterocycles. The fourth-order valence-corrected chi connectivity index (χ4v) is 3.22. The number of amides is 2. The first kappa shape index (κ1) is 20.7. The largest absolute Gasteiger partial charge is 0.481 e. The Bertz CT molecular complexity index is 1030. The Balaban J connectivity index is 1.26. The van der Waals surface area contributed by atoms with Crippen molar-refractivity contribution >= 4 is 11.8 Å². The maximum atomic E-state index is 12.4. The van der Waals surface area contributed by atoms with Crippen LogP contribution < -0.4 is 15.4 Å². The molecule has 0 heterocycles. The summed E-state index contributed by atoms with van der Waals surface area (Å²) in [5, 5.41) is 5.85. The van der Waals surface area contributed by atoms with Crippen LogP contribution in [0.3, 0.4) is 0 Å². The highest BCUT2D eigenvalue weighted by molar-refractivity contribution is 5.94. The van der Waals surface area contributed by atoms with Crippen LogP contribution >= 0.6 is 0 Å². The number of rotatable bonds is 8. The van der Waals surface area contributed by atoms with Crippen molar-refractivity contribution in [3.8, 4) is 16.9 Å². The Morgan fingerprint density at radius 1 is 0.903 bits per heavy atom. The second-order valence-corrected chi connectivity index (χ2v) is 7.81. The lowest BCUT2D eigenvalue weighted by Crippen LogP contribution is -2.35. The van der Waals surface area contributed by atoms with Gasteiger partial charge in [-0.1, -0.05) is 54.6 Å². The van der Waals surface area contributed by atoms with Crippen molar-refractivity contribution in [1.82, 2.24) is 10.6 Å². The van der Waals surface area contributed by atoms with Crippen molar-refractivity contribution in [2.24, 2.45) is 0 Å². The maximum absolute atomic E-state index is 12.4. The van der Waals surface area contributed by atoms with E-state index in [0.29, 0.717) is 23.9 Å². The minimum Gasteiger partial charge on any atom is -0.481 e. The van der Waals surface area contributed by atoms with Crippen LogP contribution in [0.1, 0.15) is 35.7 Å². The van der Waals surface area contributed by atoms with Gasteiger partial charge in [0.25, 0.3) is 11.8 Å². The highest BCUT2D eigenvalue weighted by Gasteiger charge is 2.23. The minimum atomic E-state index is -0.619. The van der Waals surface area contributed by atoms with Crippen LogP contribution in [0.15, 0.2) is 78.9 Å². The summed E-state index contributed by atoms with van der Waals surface area (Å²) < 4.78 is 5.78. The van der Waals surface area contributed by atoms with Crippen molar-refractivity contribution in [3.05, 3.63) is 90.0 Å². The smallest absolute Gasteiger partial charge is 0.261 e. The molecule has 0 aromatic heterocycles. The van der Waals surface area contributed by atoms with Gasteiger partial charge in [0.1, 0.15) is 5.75 Å². The quantitative estimate of drug-likeness (QED) is 0.577. The first-order chi connectivity index (χ1) is 15.1. The molecule has 1 atom stereocenters. The van der Waals surface area contributed by atoms with Gasteiger partial charge in [-0.2, -0.15) is 0 Å². The van der Waals surface area contributed by atoms with E-state index in [-0.39, 0.29) is 11.8 Å². The molecule has 5 nitrogen and oxygen atoms in total. The molecule has 0 spiro atoms. The molecule has 0 bridgehead atoms. The van der Waals surface area contributed by atoms with Crippen LogP contribution in [0, 0.1) is 0 Å². The summed E-state index contributed by atoms with van der Waals surface area (Å²) in [4.78, 5) is 24.5. The number of nitrogens with one attached hydrogen (secondary N) is 2. The topological polar surface area (TPSA) is 67.4 Å². The third kappa shape index (κ3) is 5.72. The second-order valence-electron chi connectivity index (χ2n) is 7.81. The molecule has 1 saturated carbocycles. The summed E-state index contributed by atoms with van der Waals surface area (Å²) in [7, 11) is 0. The fraction of sp³-hybridized carbons (Fsp3) is 0.231. The van der Waals surface area contributed by atoms with E-state index < -0.39 is 6.10 Å². The van der Waals surface area contributed by atoms with E-state index in [1.807, 2.05) is 54.6 Å². The summed E-state index contributed by atoms with van der Waals surface area (Å²) in [6, 6.07) is 25.4. The Morgan fingerprint density at radius 2 is 1.55 bits per heavy atom. The molecule has 2 amide bonds. The molecule has 3 aromatic rings. The van der Waals surface area contributed by atoms with Crippen molar-refractivity contribution in [3.63, 3.8) is 0 Å². The molecule has 31 heavy (non-hydrogen) atoms. The van der Waals surface area contributed by atoms with Crippen LogP contribution in [0.25, 0.3) is 11.1 Å². The van der Waals surface area contributed by atoms with Gasteiger partial charge in [0, 0.05) is 18.2 Å². The van der Waals surface area contributed by atoms with Gasteiger partial charge in [-0.25, -0.2) is 0 Å². The van der Waals surface area contributed by atoms with Crippen LogP contribution in [0.2, 0.25) is 0 Å². The van der Waals surface area contributed by atoms with Gasteiger partial charge in [0.15, 0.2) is 6.10 Å². The number of carbonyl (C=O) groups is 2. The predicted molar refractivity (Wildman–Crippen MR) is 121 cm³/mol. The van der Waals surface area contributed by atoms with E-state index in [2.05, 4.69) is 22.8 Å². The molecular formula is C26H26N2O3. The molecule has 158 valence electrons. The van der Waals surface area contributed by atoms with Crippen LogP contribution in [0.5, 0.6) is 5.75 Å². The van der Waals surface area contributed by atoms with E-state index in [0.717, 1.165) is 29.5 Å². The number of carbonyl (C=O) groups excluding carboxylic acids is 2. The van der Waals surface area contributed by atoms with Gasteiger partial charge in [-0.05, 0) is 60.7 Å². The number of benzene rings is 3. The van der Waals surface area contributed by atoms with Crippen molar-refractivity contribution in [1.29, 1.82) is 0 Å². The average molecular weight is 415 g/mol. The lowest BCUT2D eigenvalue weighted by atomic mass is 10.1. The van der Waals surface area contributed by atoms with Gasteiger partial charge < -0.3 is 15.4 Å². The summed E-state index contributed by atoms with van der Waals surface area (Å²) >= 11 is 0. The summed E-state index contributed by atoms with van der Waals surface area (Å²) in [6.45, 7) is 2.11. The van der Waals surface area contributed by atoms with Crippen LogP contribution in [-0.2, 0) is 11.3 Å². The Labute approximate surface area is 182 Å². The predicted octanol–water partition coefficient (Wildman–Crippen LogP) is 4.33. The zero-order valence-electron chi connectivity index (χ0n) is 17.5. The van der Waals surface area contributed by atoms with Crippen LogP contribution in [0.4, 0.5) is 0 Å². The molecule has 1 aliphatic rings. The summed E-state index contributed by atoms with van der Waals surface area (Å²) in [6.07, 6.45) is 1.51. The first-order valence-electron chi connectivity index (χ1n) is 10.6. The number of hydrogen-bond acceptors (Lipinski definition) is 3. The monoisotopic (exact) mass is 414 g/mol. The van der Waals surface area contributed by atoms with E-state index in [1.165, 1.54) is 0 Å². The molecule has 4 rings (SSSR count). The third-order valence-corrected chi connectivity index (χ3v) is 5.24. The third-order valence-electron chi connectivity index (χ3n) is 5.24. The SMILES string of the molecule is CC(Oc1ccc(-c2ccccc2)cc1)C(=O)NCc1ccc(C(=O)NC2CC2)cc1. The lowest BCUT2D eigenvalue weighted by Gasteiger charge is -2.15. The number of hydrogen-bond donors (Lipinski definition) is 2. The molecule has 0 radical (unpaired) electrons. The molecule has 1 aliphatic carbocycles. The maximum Gasteiger partial charge on any atom is 0.261 e. The van der Waals surface area contributed by atoms with Gasteiger partial charge >= 0.3 is 0 Å². The minimum absolute atomic E-state index is 0.0432. The Hall–Kier alpha value is -3.60. The standard InChI is InChI=1S/C26H26N2O3/c1-18(31-24-15-11-21(12-16-24)20-5-3-2-4-6-20)25(29)27-17-19-7-9-22(10-8-19)26(30)28-23-13-14-23/h2-12,15-16,18,23H,13-14,17H2,1H3,(H,27,29)(H,28,30). The van der Waals surface area contributed by atoms with E-state index in [4.69, 9.17) is 4.74 Å². The molecule has 2 N–H and O–H groups in total. The van der Waals surface area contributed by atoms with E-state index >= 15 is 0 Å².